The summed E-state index contributed by atoms with van der Waals surface area (Å²) in [5, 5.41) is 1.40. The Morgan fingerprint density at radius 3 is 2.13 bits per heavy atom. The molecule has 6 rings (SSSR count). The molecule has 0 radical (unpaired) electrons. The molecule has 0 N–H and O–H groups in total. The molecule has 0 saturated heterocycles. The van der Waals surface area contributed by atoms with Gasteiger partial charge in [-0.2, -0.15) is 0 Å². The predicted molar refractivity (Wildman–Crippen MR) is 131 cm³/mol. The Bertz CT molecular complexity index is 1420. The number of aryl methyl sites for hydroxylation is 1. The molecule has 2 aliphatic heterocycles. The van der Waals surface area contributed by atoms with Gasteiger partial charge in [0.05, 0.1) is 0 Å². The lowest BCUT2D eigenvalue weighted by molar-refractivity contribution is 1.14. The van der Waals surface area contributed by atoms with Crippen molar-refractivity contribution < 1.29 is 0 Å². The topological polar surface area (TPSA) is 8.17 Å². The Balaban J connectivity index is 1.92. The van der Waals surface area contributed by atoms with Crippen LogP contribution in [0, 0.1) is 41.5 Å². The van der Waals surface area contributed by atoms with Gasteiger partial charge in [0.2, 0.25) is 0 Å². The maximum atomic E-state index is 2.55. The first kappa shape index (κ1) is 17.9. The molecular weight excluding hydrogens is 363 g/mol. The lowest BCUT2D eigenvalue weighted by Gasteiger charge is -2.41. The van der Waals surface area contributed by atoms with E-state index in [0.717, 1.165) is 0 Å². The van der Waals surface area contributed by atoms with E-state index < -0.39 is 0 Å². The zero-order chi connectivity index (χ0) is 21.1. The van der Waals surface area contributed by atoms with Crippen LogP contribution in [-0.2, 0) is 0 Å². The number of para-hydroxylation sites is 1. The molecule has 0 amide bonds. The molecule has 0 atom stereocenters. The van der Waals surface area contributed by atoms with Crippen LogP contribution in [0.4, 0.5) is 11.4 Å². The summed E-state index contributed by atoms with van der Waals surface area (Å²) in [5.74, 6) is 0. The van der Waals surface area contributed by atoms with Gasteiger partial charge in [-0.1, -0.05) is 18.2 Å². The molecule has 2 nitrogen and oxygen atoms in total. The van der Waals surface area contributed by atoms with Gasteiger partial charge in [0.25, 0.3) is 0 Å². The molecular formula is C27H27BN2. The summed E-state index contributed by atoms with van der Waals surface area (Å²) in [6.45, 7) is 14.0. The standard InChI is InChI=1S/C27H27BN2/c1-14-16(3)20-12-13-30-27(20)24(18(14)5)23-17(4)15(2)19(6)26-25(23)28(30)21-10-8-9-11-22(21)29(26)7/h8-13H,1-7H3. The van der Waals surface area contributed by atoms with Gasteiger partial charge in [0, 0.05) is 34.9 Å². The Labute approximate surface area is 179 Å². The van der Waals surface area contributed by atoms with E-state index in [1.54, 1.807) is 0 Å². The van der Waals surface area contributed by atoms with Gasteiger partial charge in [-0.15, -0.1) is 0 Å². The largest absolute Gasteiger partial charge is 0.382 e. The van der Waals surface area contributed by atoms with Crippen LogP contribution in [0.3, 0.4) is 0 Å². The Morgan fingerprint density at radius 2 is 1.37 bits per heavy atom. The van der Waals surface area contributed by atoms with Crippen molar-refractivity contribution >= 4 is 40.1 Å². The zero-order valence-corrected chi connectivity index (χ0v) is 18.9. The fraction of sp³-hybridized carbons (Fsp3) is 0.259. The molecule has 148 valence electrons. The zero-order valence-electron chi connectivity index (χ0n) is 18.9. The number of fused-ring (bicyclic) bond motifs is 4. The normalized spacial score (nSPS) is 13.7. The van der Waals surface area contributed by atoms with Gasteiger partial charge in [0.15, 0.2) is 0 Å². The van der Waals surface area contributed by atoms with Crippen LogP contribution < -0.4 is 15.8 Å². The van der Waals surface area contributed by atoms with Crippen molar-refractivity contribution in [1.82, 2.24) is 4.48 Å². The molecule has 0 aliphatic carbocycles. The molecule has 30 heavy (non-hydrogen) atoms. The van der Waals surface area contributed by atoms with Crippen molar-refractivity contribution in [2.45, 2.75) is 41.5 Å². The van der Waals surface area contributed by atoms with Crippen LogP contribution in [0.25, 0.3) is 22.0 Å². The lowest BCUT2D eigenvalue weighted by atomic mass is 9.44. The van der Waals surface area contributed by atoms with Crippen LogP contribution >= 0.6 is 0 Å². The fourth-order valence-corrected chi connectivity index (χ4v) is 6.16. The maximum Gasteiger partial charge on any atom is 0.332 e. The summed E-state index contributed by atoms with van der Waals surface area (Å²) in [6.07, 6.45) is 2.32. The molecule has 3 heterocycles. The summed E-state index contributed by atoms with van der Waals surface area (Å²) in [6, 6.07) is 11.3. The number of nitrogens with zero attached hydrogens (tertiary/aromatic N) is 2. The van der Waals surface area contributed by atoms with E-state index in [1.165, 1.54) is 77.7 Å². The van der Waals surface area contributed by atoms with Crippen molar-refractivity contribution in [3.05, 3.63) is 69.9 Å². The first-order chi connectivity index (χ1) is 14.3. The van der Waals surface area contributed by atoms with Crippen LogP contribution in [-0.4, -0.2) is 18.4 Å². The first-order valence-corrected chi connectivity index (χ1v) is 10.9. The number of hydrogen-bond acceptors (Lipinski definition) is 1. The maximum absolute atomic E-state index is 2.55. The highest BCUT2D eigenvalue weighted by Crippen LogP contribution is 2.45. The summed E-state index contributed by atoms with van der Waals surface area (Å²) in [4.78, 5) is 2.43. The van der Waals surface area contributed by atoms with Gasteiger partial charge in [-0.3, -0.25) is 0 Å². The van der Waals surface area contributed by atoms with Crippen molar-refractivity contribution in [2.24, 2.45) is 0 Å². The molecule has 4 aromatic rings. The lowest BCUT2D eigenvalue weighted by Crippen LogP contribution is -2.57. The van der Waals surface area contributed by atoms with Crippen molar-refractivity contribution in [3.63, 3.8) is 0 Å². The highest BCUT2D eigenvalue weighted by molar-refractivity contribution is 6.89. The quantitative estimate of drug-likeness (QED) is 0.330. The Hall–Kier alpha value is -2.94. The second kappa shape index (κ2) is 5.60. The van der Waals surface area contributed by atoms with Crippen LogP contribution in [0.1, 0.15) is 33.4 Å². The highest BCUT2D eigenvalue weighted by Gasteiger charge is 2.42. The van der Waals surface area contributed by atoms with E-state index in [1.807, 2.05) is 0 Å². The van der Waals surface area contributed by atoms with Gasteiger partial charge in [0.1, 0.15) is 0 Å². The Morgan fingerprint density at radius 1 is 0.700 bits per heavy atom. The minimum atomic E-state index is 0.229. The monoisotopic (exact) mass is 390 g/mol. The molecule has 0 unspecified atom stereocenters. The molecule has 3 heteroatoms. The van der Waals surface area contributed by atoms with Crippen LogP contribution in [0.2, 0.25) is 0 Å². The average Bonchev–Trinajstić information content (AvgIpc) is 3.18. The molecule has 3 aromatic carbocycles. The van der Waals surface area contributed by atoms with Gasteiger partial charge in [-0.25, -0.2) is 0 Å². The van der Waals surface area contributed by atoms with Crippen molar-refractivity contribution in [3.8, 4) is 11.1 Å². The average molecular weight is 390 g/mol. The summed E-state index contributed by atoms with van der Waals surface area (Å²) >= 11 is 0. The third-order valence-corrected chi connectivity index (χ3v) is 8.17. The number of aromatic nitrogens is 1. The second-order valence-corrected chi connectivity index (χ2v) is 9.27. The second-order valence-electron chi connectivity index (χ2n) is 9.27. The highest BCUT2D eigenvalue weighted by atomic mass is 15.1. The molecule has 0 spiro atoms. The molecule has 0 fully saturated rings. The number of anilines is 2. The minimum Gasteiger partial charge on any atom is -0.382 e. The van der Waals surface area contributed by atoms with E-state index in [2.05, 4.69) is 94.5 Å². The molecule has 2 aliphatic rings. The minimum absolute atomic E-state index is 0.229. The molecule has 0 saturated carbocycles. The third kappa shape index (κ3) is 1.83. The summed E-state index contributed by atoms with van der Waals surface area (Å²) < 4.78 is 2.55. The van der Waals surface area contributed by atoms with Crippen molar-refractivity contribution in [2.75, 3.05) is 11.9 Å². The number of benzene rings is 3. The van der Waals surface area contributed by atoms with E-state index >= 15 is 0 Å². The number of hydrogen-bond donors (Lipinski definition) is 0. The molecule has 0 bridgehead atoms. The van der Waals surface area contributed by atoms with E-state index in [0.29, 0.717) is 0 Å². The van der Waals surface area contributed by atoms with Gasteiger partial charge in [-0.05, 0) is 110 Å². The summed E-state index contributed by atoms with van der Waals surface area (Å²) in [5.41, 5.74) is 18.4. The number of rotatable bonds is 0. The van der Waals surface area contributed by atoms with Crippen molar-refractivity contribution in [1.29, 1.82) is 0 Å². The van der Waals surface area contributed by atoms with E-state index in [4.69, 9.17) is 0 Å². The van der Waals surface area contributed by atoms with Crippen LogP contribution in [0.15, 0.2) is 36.5 Å². The van der Waals surface area contributed by atoms with Gasteiger partial charge >= 0.3 is 6.85 Å². The van der Waals surface area contributed by atoms with Gasteiger partial charge < -0.3 is 9.38 Å². The van der Waals surface area contributed by atoms with E-state index in [-0.39, 0.29) is 6.85 Å². The first-order valence-electron chi connectivity index (χ1n) is 10.9. The van der Waals surface area contributed by atoms with E-state index in [9.17, 15) is 0 Å². The summed E-state index contributed by atoms with van der Waals surface area (Å²) in [7, 11) is 2.24. The Kier molecular flexibility index (Phi) is 3.34. The SMILES string of the molecule is Cc1c(C)c2c3c(c1C)N(C)c1ccccc1B3n1ccc3c(C)c(C)c(C)c-2c31. The fourth-order valence-electron chi connectivity index (χ4n) is 6.16. The smallest absolute Gasteiger partial charge is 0.332 e. The molecule has 1 aromatic heterocycles. The van der Waals surface area contributed by atoms with Crippen LogP contribution in [0.5, 0.6) is 0 Å². The third-order valence-electron chi connectivity index (χ3n) is 8.17. The predicted octanol–water partition coefficient (Wildman–Crippen LogP) is 5.21.